The van der Waals surface area contributed by atoms with Crippen LogP contribution in [0.5, 0.6) is 0 Å². The Hall–Kier alpha value is -3.02. The van der Waals surface area contributed by atoms with Crippen LogP contribution in [0.3, 0.4) is 0 Å². The molecule has 0 aliphatic rings. The molecule has 0 saturated carbocycles. The summed E-state index contributed by atoms with van der Waals surface area (Å²) in [5.41, 5.74) is 2.95. The van der Waals surface area contributed by atoms with Crippen LogP contribution in [0.4, 0.5) is 0 Å². The summed E-state index contributed by atoms with van der Waals surface area (Å²) in [5.74, 6) is 2.17. The molecule has 0 unspecified atom stereocenters. The predicted molar refractivity (Wildman–Crippen MR) is 97.0 cm³/mol. The Bertz CT molecular complexity index is 804. The second-order valence-corrected chi connectivity index (χ2v) is 5.64. The first-order chi connectivity index (χ1) is 12.2. The third kappa shape index (κ3) is 4.73. The maximum atomic E-state index is 5.57. The Morgan fingerprint density at radius 2 is 1.96 bits per heavy atom. The number of rotatable bonds is 6. The smallest absolute Gasteiger partial charge is 0.226 e. The van der Waals surface area contributed by atoms with Crippen LogP contribution in [-0.2, 0) is 13.1 Å². The van der Waals surface area contributed by atoms with Crippen LogP contribution in [0.15, 0.2) is 62.8 Å². The van der Waals surface area contributed by atoms with Gasteiger partial charge in [0.05, 0.1) is 19.4 Å². The van der Waals surface area contributed by atoms with Crippen LogP contribution in [-0.4, -0.2) is 17.5 Å². The lowest BCUT2D eigenvalue weighted by Gasteiger charge is -2.09. The topological polar surface area (TPSA) is 75.6 Å². The van der Waals surface area contributed by atoms with E-state index in [9.17, 15) is 0 Å². The van der Waals surface area contributed by atoms with Crippen molar-refractivity contribution in [3.8, 4) is 11.5 Å². The van der Waals surface area contributed by atoms with Crippen molar-refractivity contribution in [2.24, 2.45) is 4.99 Å². The fraction of sp³-hybridized carbons (Fsp3) is 0.263. The highest BCUT2D eigenvalue weighted by molar-refractivity contribution is 5.79. The number of hydrogen-bond acceptors (Lipinski definition) is 4. The zero-order valence-electron chi connectivity index (χ0n) is 14.5. The van der Waals surface area contributed by atoms with E-state index in [2.05, 4.69) is 27.5 Å². The highest BCUT2D eigenvalue weighted by Gasteiger charge is 2.07. The fourth-order valence-electron chi connectivity index (χ4n) is 2.29. The molecule has 0 aliphatic heterocycles. The molecule has 0 saturated heterocycles. The number of aryl methyl sites for hydroxylation is 1. The van der Waals surface area contributed by atoms with Crippen molar-refractivity contribution in [2.45, 2.75) is 26.9 Å². The summed E-state index contributed by atoms with van der Waals surface area (Å²) in [6.45, 7) is 5.86. The van der Waals surface area contributed by atoms with E-state index in [1.807, 2.05) is 43.3 Å². The van der Waals surface area contributed by atoms with Gasteiger partial charge in [0, 0.05) is 12.1 Å². The monoisotopic (exact) mass is 338 g/mol. The van der Waals surface area contributed by atoms with Gasteiger partial charge in [0.2, 0.25) is 5.89 Å². The van der Waals surface area contributed by atoms with Crippen LogP contribution in [0.1, 0.15) is 23.9 Å². The van der Waals surface area contributed by atoms with Crippen LogP contribution >= 0.6 is 0 Å². The Morgan fingerprint density at radius 1 is 1.12 bits per heavy atom. The van der Waals surface area contributed by atoms with Gasteiger partial charge < -0.3 is 19.5 Å². The van der Waals surface area contributed by atoms with Crippen LogP contribution in [0.25, 0.3) is 11.5 Å². The molecule has 3 aromatic rings. The van der Waals surface area contributed by atoms with E-state index in [-0.39, 0.29) is 0 Å². The van der Waals surface area contributed by atoms with Gasteiger partial charge in [-0.2, -0.15) is 0 Å². The van der Waals surface area contributed by atoms with Crippen molar-refractivity contribution >= 4 is 5.96 Å². The van der Waals surface area contributed by atoms with Crippen molar-refractivity contribution in [3.05, 3.63) is 65.9 Å². The lowest BCUT2D eigenvalue weighted by Crippen LogP contribution is -2.36. The minimum absolute atomic E-state index is 0.433. The Kier molecular flexibility index (Phi) is 5.51. The quantitative estimate of drug-likeness (QED) is 0.531. The van der Waals surface area contributed by atoms with E-state index < -0.39 is 0 Å². The van der Waals surface area contributed by atoms with Crippen molar-refractivity contribution in [2.75, 3.05) is 6.54 Å². The van der Waals surface area contributed by atoms with E-state index in [1.165, 1.54) is 5.56 Å². The van der Waals surface area contributed by atoms with Gasteiger partial charge in [0.25, 0.3) is 0 Å². The van der Waals surface area contributed by atoms with Gasteiger partial charge in [-0.3, -0.25) is 0 Å². The molecule has 0 fully saturated rings. The van der Waals surface area contributed by atoms with Gasteiger partial charge in [-0.25, -0.2) is 9.98 Å². The summed E-state index contributed by atoms with van der Waals surface area (Å²) in [4.78, 5) is 9.04. The fourth-order valence-corrected chi connectivity index (χ4v) is 2.29. The standard InChI is InChI=1S/C19H22N4O2/c1-3-20-19(22-12-17-5-4-10-24-17)21-11-16-13-25-18(23-16)15-8-6-14(2)7-9-15/h4-10,13H,3,11-12H2,1-2H3,(H2,20,21,22). The molecule has 6 heteroatoms. The summed E-state index contributed by atoms with van der Waals surface area (Å²) in [6.07, 6.45) is 3.30. The second-order valence-electron chi connectivity index (χ2n) is 5.64. The maximum Gasteiger partial charge on any atom is 0.226 e. The molecule has 0 spiro atoms. The third-order valence-corrected chi connectivity index (χ3v) is 3.60. The van der Waals surface area contributed by atoms with Crippen molar-refractivity contribution in [1.82, 2.24) is 15.6 Å². The summed E-state index contributed by atoms with van der Waals surface area (Å²) in [5, 5.41) is 6.42. The zero-order valence-corrected chi connectivity index (χ0v) is 14.5. The number of hydrogen-bond donors (Lipinski definition) is 2. The highest BCUT2D eigenvalue weighted by Crippen LogP contribution is 2.19. The molecule has 0 amide bonds. The largest absolute Gasteiger partial charge is 0.467 e. The SMILES string of the molecule is CCNC(=NCc1coc(-c2ccc(C)cc2)n1)NCc1ccco1. The predicted octanol–water partition coefficient (Wildman–Crippen LogP) is 3.50. The number of aliphatic imine (C=N–C) groups is 1. The number of nitrogens with zero attached hydrogens (tertiary/aromatic N) is 2. The Balaban J connectivity index is 1.63. The number of furan rings is 1. The minimum atomic E-state index is 0.433. The molecule has 2 heterocycles. The van der Waals surface area contributed by atoms with Gasteiger partial charge in [-0.1, -0.05) is 17.7 Å². The minimum Gasteiger partial charge on any atom is -0.467 e. The van der Waals surface area contributed by atoms with E-state index >= 15 is 0 Å². The molecule has 3 rings (SSSR count). The number of benzene rings is 1. The van der Waals surface area contributed by atoms with Gasteiger partial charge in [-0.15, -0.1) is 0 Å². The van der Waals surface area contributed by atoms with Crippen LogP contribution < -0.4 is 10.6 Å². The van der Waals surface area contributed by atoms with Crippen LogP contribution in [0.2, 0.25) is 0 Å². The first-order valence-corrected chi connectivity index (χ1v) is 8.30. The average Bonchev–Trinajstić information content (AvgIpc) is 3.30. The van der Waals surface area contributed by atoms with Crippen molar-refractivity contribution < 1.29 is 8.83 Å². The van der Waals surface area contributed by atoms with E-state index in [1.54, 1.807) is 12.5 Å². The van der Waals surface area contributed by atoms with E-state index in [0.717, 1.165) is 23.6 Å². The number of nitrogens with one attached hydrogen (secondary N) is 2. The summed E-state index contributed by atoms with van der Waals surface area (Å²) in [6, 6.07) is 11.9. The normalized spacial score (nSPS) is 11.5. The average molecular weight is 338 g/mol. The molecule has 6 nitrogen and oxygen atoms in total. The lowest BCUT2D eigenvalue weighted by atomic mass is 10.1. The zero-order chi connectivity index (χ0) is 17.5. The molecule has 0 atom stereocenters. The van der Waals surface area contributed by atoms with Gasteiger partial charge >= 0.3 is 0 Å². The number of guanidine groups is 1. The van der Waals surface area contributed by atoms with E-state index in [0.29, 0.717) is 24.9 Å². The lowest BCUT2D eigenvalue weighted by molar-refractivity contribution is 0.501. The number of oxazole rings is 1. The van der Waals surface area contributed by atoms with Gasteiger partial charge in [-0.05, 0) is 38.1 Å². The van der Waals surface area contributed by atoms with Crippen molar-refractivity contribution in [1.29, 1.82) is 0 Å². The third-order valence-electron chi connectivity index (χ3n) is 3.60. The molecule has 0 radical (unpaired) electrons. The molecular formula is C19H22N4O2. The molecular weight excluding hydrogens is 316 g/mol. The maximum absolute atomic E-state index is 5.57. The first-order valence-electron chi connectivity index (χ1n) is 8.30. The first kappa shape index (κ1) is 16.8. The van der Waals surface area contributed by atoms with Gasteiger partial charge in [0.1, 0.15) is 17.7 Å². The number of aromatic nitrogens is 1. The second kappa shape index (κ2) is 8.19. The molecule has 2 N–H and O–H groups in total. The molecule has 130 valence electrons. The molecule has 25 heavy (non-hydrogen) atoms. The van der Waals surface area contributed by atoms with Crippen molar-refractivity contribution in [3.63, 3.8) is 0 Å². The molecule has 2 aromatic heterocycles. The molecule has 0 aliphatic carbocycles. The molecule has 1 aromatic carbocycles. The summed E-state index contributed by atoms with van der Waals surface area (Å²) >= 11 is 0. The highest BCUT2D eigenvalue weighted by atomic mass is 16.3. The molecule has 0 bridgehead atoms. The Labute approximate surface area is 147 Å². The van der Waals surface area contributed by atoms with Crippen LogP contribution in [0, 0.1) is 6.92 Å². The summed E-state index contributed by atoms with van der Waals surface area (Å²) < 4.78 is 10.9. The van der Waals surface area contributed by atoms with E-state index in [4.69, 9.17) is 8.83 Å². The van der Waals surface area contributed by atoms with Gasteiger partial charge in [0.15, 0.2) is 5.96 Å². The summed E-state index contributed by atoms with van der Waals surface area (Å²) in [7, 11) is 0. The Morgan fingerprint density at radius 3 is 2.68 bits per heavy atom.